The summed E-state index contributed by atoms with van der Waals surface area (Å²) in [7, 11) is 0. The molecule has 0 aromatic heterocycles. The minimum absolute atomic E-state index is 0.191. The van der Waals surface area contributed by atoms with Gasteiger partial charge in [-0.05, 0) is 37.5 Å². The molecule has 1 aromatic carbocycles. The number of ether oxygens (including phenoxy) is 2. The number of esters is 1. The number of hydrogen-bond acceptors (Lipinski definition) is 4. The van der Waals surface area contributed by atoms with Gasteiger partial charge < -0.3 is 9.47 Å². The molecule has 0 saturated carbocycles. The first-order valence-electron chi connectivity index (χ1n) is 8.23. The fourth-order valence-electron chi connectivity index (χ4n) is 2.33. The van der Waals surface area contributed by atoms with E-state index in [1.54, 1.807) is 26.0 Å². The molecule has 0 aliphatic heterocycles. The van der Waals surface area contributed by atoms with Crippen molar-refractivity contribution >= 4 is 23.7 Å². The average Bonchev–Trinajstić information content (AvgIpc) is 2.52. The van der Waals surface area contributed by atoms with E-state index < -0.39 is 18.1 Å². The molecule has 1 rings (SSSR count). The predicted molar refractivity (Wildman–Crippen MR) is 94.1 cm³/mol. The van der Waals surface area contributed by atoms with Crippen molar-refractivity contribution in [1.82, 2.24) is 4.90 Å². The molecular weight excluding hydrogens is 330 g/mol. The molecule has 0 aliphatic carbocycles. The summed E-state index contributed by atoms with van der Waals surface area (Å²) in [4.78, 5) is 26.3. The molecule has 0 fully saturated rings. The van der Waals surface area contributed by atoms with Crippen LogP contribution in [0.25, 0.3) is 0 Å². The van der Waals surface area contributed by atoms with E-state index in [9.17, 15) is 9.59 Å². The highest BCUT2D eigenvalue weighted by Crippen LogP contribution is 2.17. The highest BCUT2D eigenvalue weighted by atomic mass is 35.5. The molecule has 0 saturated heterocycles. The van der Waals surface area contributed by atoms with Gasteiger partial charge in [0, 0.05) is 18.0 Å². The third-order valence-corrected chi connectivity index (χ3v) is 3.59. The molecule has 1 atom stereocenters. The topological polar surface area (TPSA) is 55.8 Å². The molecule has 134 valence electrons. The lowest BCUT2D eigenvalue weighted by Gasteiger charge is -2.30. The molecule has 0 bridgehead atoms. The van der Waals surface area contributed by atoms with Gasteiger partial charge in [-0.3, -0.25) is 4.90 Å². The number of hydrogen-bond donors (Lipinski definition) is 0. The molecule has 24 heavy (non-hydrogen) atoms. The third-order valence-electron chi connectivity index (χ3n) is 3.34. The maximum absolute atomic E-state index is 12.4. The number of carbonyl (C=O) groups excluding carboxylic acids is 2. The van der Waals surface area contributed by atoms with E-state index in [4.69, 9.17) is 21.1 Å². The molecule has 5 nitrogen and oxygen atoms in total. The monoisotopic (exact) mass is 355 g/mol. The first kappa shape index (κ1) is 20.3. The Labute approximate surface area is 148 Å². The van der Waals surface area contributed by atoms with Crippen molar-refractivity contribution in [2.75, 3.05) is 19.8 Å². The van der Waals surface area contributed by atoms with E-state index in [0.29, 0.717) is 18.0 Å². The highest BCUT2D eigenvalue weighted by Gasteiger charge is 2.32. The van der Waals surface area contributed by atoms with E-state index >= 15 is 0 Å². The number of carbonyl (C=O) groups is 2. The fourth-order valence-corrected chi connectivity index (χ4v) is 2.46. The minimum atomic E-state index is -0.729. The second-order valence-corrected chi connectivity index (χ2v) is 6.28. The van der Waals surface area contributed by atoms with Crippen LogP contribution in [0, 0.1) is 5.92 Å². The standard InChI is InChI=1S/C18H26ClNO4/c1-5-23-17(21)16(11-14-7-9-15(19)10-8-14)20(12-13(3)4)18(22)24-6-2/h7-10,13,16H,5-6,11-12H2,1-4H3. The Bertz CT molecular complexity index is 530. The first-order valence-corrected chi connectivity index (χ1v) is 8.61. The Morgan fingerprint density at radius 1 is 1.08 bits per heavy atom. The summed E-state index contributed by atoms with van der Waals surface area (Å²) < 4.78 is 10.3. The van der Waals surface area contributed by atoms with Gasteiger partial charge in [0.2, 0.25) is 0 Å². The fraction of sp³-hybridized carbons (Fsp3) is 0.556. The summed E-state index contributed by atoms with van der Waals surface area (Å²) >= 11 is 5.91. The summed E-state index contributed by atoms with van der Waals surface area (Å²) in [6, 6.07) is 6.47. The molecule has 1 unspecified atom stereocenters. The first-order chi connectivity index (χ1) is 11.4. The molecule has 0 N–H and O–H groups in total. The maximum Gasteiger partial charge on any atom is 0.410 e. The average molecular weight is 356 g/mol. The van der Waals surface area contributed by atoms with Crippen LogP contribution in [0.3, 0.4) is 0 Å². The zero-order valence-electron chi connectivity index (χ0n) is 14.8. The maximum atomic E-state index is 12.4. The van der Waals surface area contributed by atoms with E-state index in [2.05, 4.69) is 0 Å². The van der Waals surface area contributed by atoms with Crippen molar-refractivity contribution in [3.05, 3.63) is 34.9 Å². The number of amides is 1. The van der Waals surface area contributed by atoms with Crippen LogP contribution in [-0.2, 0) is 20.7 Å². The highest BCUT2D eigenvalue weighted by molar-refractivity contribution is 6.30. The van der Waals surface area contributed by atoms with Crippen molar-refractivity contribution in [3.63, 3.8) is 0 Å². The summed E-state index contributed by atoms with van der Waals surface area (Å²) in [5.74, 6) is -0.238. The summed E-state index contributed by atoms with van der Waals surface area (Å²) in [5, 5.41) is 0.621. The van der Waals surface area contributed by atoms with E-state index in [1.807, 2.05) is 26.0 Å². The van der Waals surface area contributed by atoms with E-state index in [-0.39, 0.29) is 19.1 Å². The summed E-state index contributed by atoms with van der Waals surface area (Å²) in [6.07, 6.45) is -0.153. The second kappa shape index (κ2) is 10.2. The SMILES string of the molecule is CCOC(=O)C(Cc1ccc(Cl)cc1)N(CC(C)C)C(=O)OCC. The molecule has 6 heteroatoms. The normalized spacial score (nSPS) is 11.9. The van der Waals surface area contributed by atoms with Crippen LogP contribution in [-0.4, -0.2) is 42.8 Å². The zero-order chi connectivity index (χ0) is 18.1. The molecule has 0 radical (unpaired) electrons. The lowest BCUT2D eigenvalue weighted by molar-refractivity contribution is -0.149. The molecular formula is C18H26ClNO4. The number of rotatable bonds is 8. The third kappa shape index (κ3) is 6.40. The Morgan fingerprint density at radius 3 is 2.17 bits per heavy atom. The summed E-state index contributed by atoms with van der Waals surface area (Å²) in [6.45, 7) is 8.37. The van der Waals surface area contributed by atoms with Crippen LogP contribution in [0.1, 0.15) is 33.3 Å². The van der Waals surface area contributed by atoms with Gasteiger partial charge in [0.05, 0.1) is 13.2 Å². The Kier molecular flexibility index (Phi) is 8.61. The largest absolute Gasteiger partial charge is 0.464 e. The van der Waals surface area contributed by atoms with Crippen molar-refractivity contribution in [1.29, 1.82) is 0 Å². The number of benzene rings is 1. The van der Waals surface area contributed by atoms with Gasteiger partial charge in [-0.2, -0.15) is 0 Å². The van der Waals surface area contributed by atoms with Gasteiger partial charge in [-0.15, -0.1) is 0 Å². The molecule has 1 amide bonds. The Hall–Kier alpha value is -1.75. The van der Waals surface area contributed by atoms with Crippen LogP contribution >= 0.6 is 11.6 Å². The van der Waals surface area contributed by atoms with Crippen molar-refractivity contribution in [2.24, 2.45) is 5.92 Å². The van der Waals surface area contributed by atoms with Gasteiger partial charge >= 0.3 is 12.1 Å². The summed E-state index contributed by atoms with van der Waals surface area (Å²) in [5.41, 5.74) is 0.899. The van der Waals surface area contributed by atoms with Crippen LogP contribution in [0.2, 0.25) is 5.02 Å². The quantitative estimate of drug-likeness (QED) is 0.663. The van der Waals surface area contributed by atoms with Crippen molar-refractivity contribution in [2.45, 2.75) is 40.2 Å². The van der Waals surface area contributed by atoms with Gasteiger partial charge in [0.25, 0.3) is 0 Å². The van der Waals surface area contributed by atoms with Crippen LogP contribution < -0.4 is 0 Å². The van der Waals surface area contributed by atoms with E-state index in [0.717, 1.165) is 5.56 Å². The molecule has 0 heterocycles. The lowest BCUT2D eigenvalue weighted by Crippen LogP contribution is -2.49. The van der Waals surface area contributed by atoms with Crippen LogP contribution in [0.4, 0.5) is 4.79 Å². The van der Waals surface area contributed by atoms with Gasteiger partial charge in [0.15, 0.2) is 0 Å². The van der Waals surface area contributed by atoms with Crippen LogP contribution in [0.15, 0.2) is 24.3 Å². The van der Waals surface area contributed by atoms with Crippen molar-refractivity contribution in [3.8, 4) is 0 Å². The van der Waals surface area contributed by atoms with Gasteiger partial charge in [0.1, 0.15) is 6.04 Å². The van der Waals surface area contributed by atoms with E-state index in [1.165, 1.54) is 4.90 Å². The van der Waals surface area contributed by atoms with Gasteiger partial charge in [-0.25, -0.2) is 9.59 Å². The minimum Gasteiger partial charge on any atom is -0.464 e. The lowest BCUT2D eigenvalue weighted by atomic mass is 10.0. The smallest absolute Gasteiger partial charge is 0.410 e. The molecule has 1 aromatic rings. The van der Waals surface area contributed by atoms with Crippen molar-refractivity contribution < 1.29 is 19.1 Å². The van der Waals surface area contributed by atoms with Gasteiger partial charge in [-0.1, -0.05) is 37.6 Å². The molecule has 0 aliphatic rings. The number of halogens is 1. The predicted octanol–water partition coefficient (Wildman–Crippen LogP) is 3.93. The zero-order valence-corrected chi connectivity index (χ0v) is 15.5. The Balaban J connectivity index is 3.08. The molecule has 0 spiro atoms. The van der Waals surface area contributed by atoms with Crippen LogP contribution in [0.5, 0.6) is 0 Å². The number of nitrogens with zero attached hydrogens (tertiary/aromatic N) is 1. The second-order valence-electron chi connectivity index (χ2n) is 5.84. The Morgan fingerprint density at radius 2 is 1.67 bits per heavy atom.